The van der Waals surface area contributed by atoms with Crippen molar-refractivity contribution in [2.75, 3.05) is 5.32 Å². The highest BCUT2D eigenvalue weighted by molar-refractivity contribution is 6.04. The maximum atomic E-state index is 13.8. The molecule has 0 aliphatic heterocycles. The minimum atomic E-state index is -0.307. The molecule has 0 heterocycles. The number of nitrogens with one attached hydrogen (secondary N) is 1. The van der Waals surface area contributed by atoms with Crippen LogP contribution in [0.1, 0.15) is 35.3 Å². The fourth-order valence-electron chi connectivity index (χ4n) is 2.29. The van der Waals surface area contributed by atoms with Crippen LogP contribution in [0.5, 0.6) is 0 Å². The van der Waals surface area contributed by atoms with E-state index in [-0.39, 0.29) is 18.1 Å². The summed E-state index contributed by atoms with van der Waals surface area (Å²) in [6.07, 6.45) is 0.792. The zero-order chi connectivity index (χ0) is 16.8. The lowest BCUT2D eigenvalue weighted by atomic mass is 10.00. The van der Waals surface area contributed by atoms with Crippen LogP contribution < -0.4 is 5.32 Å². The van der Waals surface area contributed by atoms with E-state index < -0.39 is 0 Å². The van der Waals surface area contributed by atoms with Gasteiger partial charge in [0.05, 0.1) is 12.5 Å². The minimum absolute atomic E-state index is 0.288. The zero-order valence-corrected chi connectivity index (χ0v) is 13.2. The van der Waals surface area contributed by atoms with E-state index in [1.807, 2.05) is 19.9 Å². The average Bonchev–Trinajstić information content (AvgIpc) is 2.49. The molecule has 0 fully saturated rings. The van der Waals surface area contributed by atoms with Crippen LogP contribution in [0.2, 0.25) is 0 Å². The van der Waals surface area contributed by atoms with Crippen LogP contribution in [0.15, 0.2) is 42.5 Å². The van der Waals surface area contributed by atoms with Crippen LogP contribution in [-0.4, -0.2) is 5.91 Å². The fraction of sp³-hybridized carbons (Fsp3) is 0.211. The van der Waals surface area contributed by atoms with Gasteiger partial charge in [0, 0.05) is 11.3 Å². The number of amides is 1. The van der Waals surface area contributed by atoms with Crippen LogP contribution in [-0.2, 0) is 12.8 Å². The number of benzene rings is 2. The van der Waals surface area contributed by atoms with Crippen LogP contribution in [0.4, 0.5) is 10.1 Å². The molecule has 3 nitrogen and oxygen atoms in total. The molecule has 117 valence electrons. The highest BCUT2D eigenvalue weighted by atomic mass is 19.1. The van der Waals surface area contributed by atoms with Crippen molar-refractivity contribution < 1.29 is 9.18 Å². The topological polar surface area (TPSA) is 52.9 Å². The SMILES string of the molecule is C[C](C)Cc1cc(C(=O)Nc2cccc(CC#N)c2)ccc1F. The molecular weight excluding hydrogens is 291 g/mol. The van der Waals surface area contributed by atoms with Gasteiger partial charge in [-0.1, -0.05) is 26.0 Å². The van der Waals surface area contributed by atoms with E-state index in [1.165, 1.54) is 12.1 Å². The van der Waals surface area contributed by atoms with Crippen molar-refractivity contribution in [3.63, 3.8) is 0 Å². The highest BCUT2D eigenvalue weighted by Gasteiger charge is 2.11. The van der Waals surface area contributed by atoms with Gasteiger partial charge in [-0.05, 0) is 53.8 Å². The monoisotopic (exact) mass is 309 g/mol. The summed E-state index contributed by atoms with van der Waals surface area (Å²) >= 11 is 0. The van der Waals surface area contributed by atoms with Gasteiger partial charge in [0.25, 0.3) is 5.91 Å². The van der Waals surface area contributed by atoms with Crippen molar-refractivity contribution in [2.45, 2.75) is 26.7 Å². The Morgan fingerprint density at radius 3 is 2.70 bits per heavy atom. The summed E-state index contributed by atoms with van der Waals surface area (Å²) in [6, 6.07) is 13.6. The van der Waals surface area contributed by atoms with Crippen molar-refractivity contribution in [1.29, 1.82) is 5.26 Å². The summed E-state index contributed by atoms with van der Waals surface area (Å²) in [6.45, 7) is 3.85. The molecule has 23 heavy (non-hydrogen) atoms. The van der Waals surface area contributed by atoms with Gasteiger partial charge < -0.3 is 5.32 Å². The average molecular weight is 309 g/mol. The quantitative estimate of drug-likeness (QED) is 0.895. The predicted molar refractivity (Wildman–Crippen MR) is 88.4 cm³/mol. The minimum Gasteiger partial charge on any atom is -0.322 e. The van der Waals surface area contributed by atoms with Gasteiger partial charge in [0.15, 0.2) is 0 Å². The van der Waals surface area contributed by atoms with Crippen LogP contribution >= 0.6 is 0 Å². The lowest BCUT2D eigenvalue weighted by Crippen LogP contribution is -2.13. The summed E-state index contributed by atoms with van der Waals surface area (Å²) in [4.78, 5) is 12.3. The Bertz CT molecular complexity index is 747. The Morgan fingerprint density at radius 1 is 1.22 bits per heavy atom. The standard InChI is InChI=1S/C19H18FN2O/c1-13(2)10-16-12-15(6-7-18(16)20)19(23)22-17-5-3-4-14(11-17)8-9-21/h3-7,11-12H,8,10H2,1-2H3,(H,22,23). The van der Waals surface area contributed by atoms with Crippen molar-refractivity contribution in [3.8, 4) is 6.07 Å². The lowest BCUT2D eigenvalue weighted by molar-refractivity contribution is 0.102. The third-order valence-corrected chi connectivity index (χ3v) is 3.32. The van der Waals surface area contributed by atoms with E-state index in [4.69, 9.17) is 5.26 Å². The molecular formula is C19H18FN2O. The maximum absolute atomic E-state index is 13.8. The summed E-state index contributed by atoms with van der Waals surface area (Å²) in [7, 11) is 0. The third kappa shape index (κ3) is 4.65. The highest BCUT2D eigenvalue weighted by Crippen LogP contribution is 2.18. The van der Waals surface area contributed by atoms with Gasteiger partial charge in [0.1, 0.15) is 5.82 Å². The van der Waals surface area contributed by atoms with Crippen molar-refractivity contribution >= 4 is 11.6 Å². The first kappa shape index (κ1) is 16.7. The van der Waals surface area contributed by atoms with Crippen LogP contribution in [0.25, 0.3) is 0 Å². The molecule has 2 aromatic carbocycles. The van der Waals surface area contributed by atoms with E-state index in [1.54, 1.807) is 24.3 Å². The largest absolute Gasteiger partial charge is 0.322 e. The Labute approximate surface area is 135 Å². The van der Waals surface area contributed by atoms with E-state index >= 15 is 0 Å². The van der Waals surface area contributed by atoms with Crippen LogP contribution in [0, 0.1) is 23.1 Å². The molecule has 0 aliphatic carbocycles. The van der Waals surface area contributed by atoms with E-state index in [2.05, 4.69) is 11.4 Å². The molecule has 0 bridgehead atoms. The second-order valence-corrected chi connectivity index (χ2v) is 5.68. The molecule has 1 N–H and O–H groups in total. The number of anilines is 1. The molecule has 0 saturated carbocycles. The lowest BCUT2D eigenvalue weighted by Gasteiger charge is -2.10. The number of nitrogens with zero attached hydrogens (tertiary/aromatic N) is 1. The molecule has 1 radical (unpaired) electrons. The first-order valence-corrected chi connectivity index (χ1v) is 7.34. The second-order valence-electron chi connectivity index (χ2n) is 5.68. The van der Waals surface area contributed by atoms with Gasteiger partial charge in [-0.3, -0.25) is 4.79 Å². The predicted octanol–water partition coefficient (Wildman–Crippen LogP) is 4.30. The molecule has 0 spiro atoms. The molecule has 1 amide bonds. The molecule has 0 saturated heterocycles. The molecule has 2 aromatic rings. The number of carbonyl (C=O) groups excluding carboxylic acids is 1. The Balaban J connectivity index is 2.17. The smallest absolute Gasteiger partial charge is 0.255 e. The number of nitriles is 1. The number of hydrogen-bond acceptors (Lipinski definition) is 2. The van der Waals surface area contributed by atoms with Gasteiger partial charge in [0.2, 0.25) is 0 Å². The molecule has 0 aliphatic rings. The molecule has 2 rings (SSSR count). The molecule has 0 atom stereocenters. The maximum Gasteiger partial charge on any atom is 0.255 e. The fourth-order valence-corrected chi connectivity index (χ4v) is 2.29. The summed E-state index contributed by atoms with van der Waals surface area (Å²) in [5, 5.41) is 11.5. The Kier molecular flexibility index (Phi) is 5.48. The van der Waals surface area contributed by atoms with Crippen LogP contribution in [0.3, 0.4) is 0 Å². The van der Waals surface area contributed by atoms with Gasteiger partial charge in [-0.2, -0.15) is 5.26 Å². The number of carbonyl (C=O) groups is 1. The second kappa shape index (κ2) is 7.55. The first-order chi connectivity index (χ1) is 11.0. The number of hydrogen-bond donors (Lipinski definition) is 1. The number of rotatable bonds is 5. The molecule has 4 heteroatoms. The first-order valence-electron chi connectivity index (χ1n) is 7.34. The van der Waals surface area contributed by atoms with E-state index in [0.717, 1.165) is 11.5 Å². The Morgan fingerprint density at radius 2 is 2.00 bits per heavy atom. The molecule has 0 aromatic heterocycles. The summed E-state index contributed by atoms with van der Waals surface area (Å²) in [5.41, 5.74) is 2.37. The third-order valence-electron chi connectivity index (χ3n) is 3.32. The number of halogens is 1. The molecule has 0 unspecified atom stereocenters. The van der Waals surface area contributed by atoms with Crippen molar-refractivity contribution in [2.24, 2.45) is 0 Å². The normalized spacial score (nSPS) is 10.4. The van der Waals surface area contributed by atoms with Gasteiger partial charge in [-0.15, -0.1) is 0 Å². The van der Waals surface area contributed by atoms with Gasteiger partial charge >= 0.3 is 0 Å². The van der Waals surface area contributed by atoms with E-state index in [9.17, 15) is 9.18 Å². The Hall–Kier alpha value is -2.67. The van der Waals surface area contributed by atoms with Crippen molar-refractivity contribution in [1.82, 2.24) is 0 Å². The summed E-state index contributed by atoms with van der Waals surface area (Å²) < 4.78 is 13.8. The van der Waals surface area contributed by atoms with Crippen molar-refractivity contribution in [3.05, 3.63) is 70.9 Å². The van der Waals surface area contributed by atoms with E-state index in [0.29, 0.717) is 23.2 Å². The van der Waals surface area contributed by atoms with Gasteiger partial charge in [-0.25, -0.2) is 4.39 Å². The summed E-state index contributed by atoms with van der Waals surface area (Å²) in [5.74, 6) is 0.471. The zero-order valence-electron chi connectivity index (χ0n) is 13.2.